The quantitative estimate of drug-likeness (QED) is 0.824. The number of hydrogen-bond acceptors (Lipinski definition) is 4. The van der Waals surface area contributed by atoms with Crippen molar-refractivity contribution in [2.45, 2.75) is 45.2 Å². The molecule has 3 rings (SSSR count). The van der Waals surface area contributed by atoms with Gasteiger partial charge in [0.25, 0.3) is 0 Å². The first-order valence-corrected chi connectivity index (χ1v) is 8.03. The number of hydrogen-bond donors (Lipinski definition) is 2. The monoisotopic (exact) mass is 300 g/mol. The van der Waals surface area contributed by atoms with E-state index in [0.29, 0.717) is 6.04 Å². The van der Waals surface area contributed by atoms with E-state index in [1.165, 1.54) is 18.4 Å². The van der Waals surface area contributed by atoms with E-state index in [1.54, 1.807) is 6.20 Å². The van der Waals surface area contributed by atoms with Gasteiger partial charge in [-0.3, -0.25) is 0 Å². The molecule has 2 aromatic rings. The van der Waals surface area contributed by atoms with Crippen LogP contribution in [-0.2, 0) is 0 Å². The van der Waals surface area contributed by atoms with Crippen molar-refractivity contribution >= 4 is 0 Å². The maximum absolute atomic E-state index is 9.24. The zero-order valence-corrected chi connectivity index (χ0v) is 13.2. The van der Waals surface area contributed by atoms with Gasteiger partial charge in [-0.15, -0.1) is 0 Å². The van der Waals surface area contributed by atoms with Crippen LogP contribution in [0.1, 0.15) is 43.5 Å². The van der Waals surface area contributed by atoms with Gasteiger partial charge in [-0.1, -0.05) is 6.07 Å². The first-order valence-electron chi connectivity index (χ1n) is 8.03. The van der Waals surface area contributed by atoms with Gasteiger partial charge in [-0.2, -0.15) is 5.10 Å². The Morgan fingerprint density at radius 3 is 2.86 bits per heavy atom. The van der Waals surface area contributed by atoms with Gasteiger partial charge in [-0.25, -0.2) is 9.67 Å². The first-order chi connectivity index (χ1) is 10.7. The van der Waals surface area contributed by atoms with Crippen molar-refractivity contribution in [3.63, 3.8) is 0 Å². The Morgan fingerprint density at radius 1 is 1.41 bits per heavy atom. The first kappa shape index (κ1) is 15.2. The van der Waals surface area contributed by atoms with Gasteiger partial charge < -0.3 is 10.4 Å². The molecule has 1 aliphatic rings. The largest absolute Gasteiger partial charge is 0.396 e. The Morgan fingerprint density at radius 2 is 2.23 bits per heavy atom. The van der Waals surface area contributed by atoms with Crippen molar-refractivity contribution in [3.05, 3.63) is 41.9 Å². The second-order valence-corrected chi connectivity index (χ2v) is 6.13. The van der Waals surface area contributed by atoms with Gasteiger partial charge in [-0.05, 0) is 51.2 Å². The average Bonchev–Trinajstić information content (AvgIpc) is 3.30. The molecule has 1 aliphatic carbocycles. The SMILES string of the molecule is Cc1c(C(C)NC(CCO)C2CC2)cnn1-c1ccccn1. The summed E-state index contributed by atoms with van der Waals surface area (Å²) in [7, 11) is 0. The minimum Gasteiger partial charge on any atom is -0.396 e. The lowest BCUT2D eigenvalue weighted by Crippen LogP contribution is -2.34. The third kappa shape index (κ3) is 3.20. The van der Waals surface area contributed by atoms with E-state index in [0.717, 1.165) is 23.9 Å². The highest BCUT2D eigenvalue weighted by Crippen LogP contribution is 2.35. The zero-order valence-electron chi connectivity index (χ0n) is 13.2. The molecule has 0 spiro atoms. The third-order valence-electron chi connectivity index (χ3n) is 4.48. The van der Waals surface area contributed by atoms with E-state index in [-0.39, 0.29) is 12.6 Å². The number of aliphatic hydroxyl groups is 1. The third-order valence-corrected chi connectivity index (χ3v) is 4.48. The summed E-state index contributed by atoms with van der Waals surface area (Å²) in [5.41, 5.74) is 2.30. The fourth-order valence-corrected chi connectivity index (χ4v) is 3.06. The van der Waals surface area contributed by atoms with Gasteiger partial charge >= 0.3 is 0 Å². The standard InChI is InChI=1S/C17H24N4O/c1-12(20-16(8-10-22)14-6-7-14)15-11-19-21(13(15)2)17-5-3-4-9-18-17/h3-5,9,11-12,14,16,20,22H,6-8,10H2,1-2H3. The Balaban J connectivity index is 1.75. The van der Waals surface area contributed by atoms with Crippen LogP contribution < -0.4 is 5.32 Å². The van der Waals surface area contributed by atoms with E-state index < -0.39 is 0 Å². The van der Waals surface area contributed by atoms with Crippen molar-refractivity contribution in [1.29, 1.82) is 0 Å². The summed E-state index contributed by atoms with van der Waals surface area (Å²) < 4.78 is 1.88. The molecule has 118 valence electrons. The summed E-state index contributed by atoms with van der Waals surface area (Å²) in [4.78, 5) is 4.36. The number of pyridine rings is 1. The molecule has 2 atom stereocenters. The molecule has 2 unspecified atom stereocenters. The Hall–Kier alpha value is -1.72. The summed E-state index contributed by atoms with van der Waals surface area (Å²) in [6.07, 6.45) is 7.07. The average molecular weight is 300 g/mol. The van der Waals surface area contributed by atoms with Crippen molar-refractivity contribution < 1.29 is 5.11 Å². The molecule has 1 fully saturated rings. The van der Waals surface area contributed by atoms with Crippen LogP contribution in [0.5, 0.6) is 0 Å². The molecule has 5 nitrogen and oxygen atoms in total. The van der Waals surface area contributed by atoms with Crippen LogP contribution in [0.3, 0.4) is 0 Å². The van der Waals surface area contributed by atoms with Crippen LogP contribution in [0.15, 0.2) is 30.6 Å². The summed E-state index contributed by atoms with van der Waals surface area (Å²) in [6.45, 7) is 4.49. The van der Waals surface area contributed by atoms with Crippen LogP contribution in [0.2, 0.25) is 0 Å². The van der Waals surface area contributed by atoms with Crippen molar-refractivity contribution in [1.82, 2.24) is 20.1 Å². The molecule has 0 bridgehead atoms. The minimum absolute atomic E-state index is 0.217. The van der Waals surface area contributed by atoms with Gasteiger partial charge in [0.15, 0.2) is 5.82 Å². The number of aliphatic hydroxyl groups excluding tert-OH is 1. The summed E-state index contributed by atoms with van der Waals surface area (Å²) in [6, 6.07) is 6.45. The van der Waals surface area contributed by atoms with Gasteiger partial charge in [0.1, 0.15) is 0 Å². The van der Waals surface area contributed by atoms with Crippen LogP contribution >= 0.6 is 0 Å². The lowest BCUT2D eigenvalue weighted by atomic mass is 10.0. The molecule has 22 heavy (non-hydrogen) atoms. The fourth-order valence-electron chi connectivity index (χ4n) is 3.06. The van der Waals surface area contributed by atoms with E-state index in [2.05, 4.69) is 29.2 Å². The number of nitrogens with one attached hydrogen (secondary N) is 1. The molecule has 2 N–H and O–H groups in total. The maximum atomic E-state index is 9.24. The number of nitrogens with zero attached hydrogens (tertiary/aromatic N) is 3. The van der Waals surface area contributed by atoms with Crippen molar-refractivity contribution in [2.24, 2.45) is 5.92 Å². The Bertz CT molecular complexity index is 606. The second kappa shape index (κ2) is 6.58. The topological polar surface area (TPSA) is 63.0 Å². The zero-order chi connectivity index (χ0) is 15.5. The summed E-state index contributed by atoms with van der Waals surface area (Å²) in [5, 5.41) is 17.4. The molecule has 2 heterocycles. The molecule has 5 heteroatoms. The van der Waals surface area contributed by atoms with Crippen molar-refractivity contribution in [3.8, 4) is 5.82 Å². The number of rotatable bonds is 7. The minimum atomic E-state index is 0.217. The summed E-state index contributed by atoms with van der Waals surface area (Å²) in [5.74, 6) is 1.56. The molecule has 2 aromatic heterocycles. The Kier molecular flexibility index (Phi) is 4.55. The molecule has 0 radical (unpaired) electrons. The lowest BCUT2D eigenvalue weighted by molar-refractivity contribution is 0.250. The highest BCUT2D eigenvalue weighted by Gasteiger charge is 2.32. The predicted molar refractivity (Wildman–Crippen MR) is 85.9 cm³/mol. The second-order valence-electron chi connectivity index (χ2n) is 6.13. The fraction of sp³-hybridized carbons (Fsp3) is 0.529. The van der Waals surface area contributed by atoms with E-state index in [1.807, 2.05) is 29.1 Å². The maximum Gasteiger partial charge on any atom is 0.153 e. The molecular formula is C17H24N4O. The van der Waals surface area contributed by atoms with Gasteiger partial charge in [0.05, 0.1) is 6.20 Å². The summed E-state index contributed by atoms with van der Waals surface area (Å²) >= 11 is 0. The van der Waals surface area contributed by atoms with Gasteiger partial charge in [0, 0.05) is 36.1 Å². The van der Waals surface area contributed by atoms with E-state index in [9.17, 15) is 5.11 Å². The van der Waals surface area contributed by atoms with Crippen LogP contribution in [-0.4, -0.2) is 32.5 Å². The predicted octanol–water partition coefficient (Wildman–Crippen LogP) is 2.39. The molecule has 0 saturated heterocycles. The lowest BCUT2D eigenvalue weighted by Gasteiger charge is -2.22. The van der Waals surface area contributed by atoms with Gasteiger partial charge in [0.2, 0.25) is 0 Å². The number of aromatic nitrogens is 3. The smallest absolute Gasteiger partial charge is 0.153 e. The van der Waals surface area contributed by atoms with E-state index >= 15 is 0 Å². The Labute approximate surface area is 131 Å². The van der Waals surface area contributed by atoms with Crippen LogP contribution in [0.25, 0.3) is 5.82 Å². The molecule has 0 aromatic carbocycles. The highest BCUT2D eigenvalue weighted by molar-refractivity contribution is 5.29. The molecular weight excluding hydrogens is 276 g/mol. The van der Waals surface area contributed by atoms with Crippen LogP contribution in [0.4, 0.5) is 0 Å². The molecule has 1 saturated carbocycles. The van der Waals surface area contributed by atoms with Crippen molar-refractivity contribution in [2.75, 3.05) is 6.61 Å². The van der Waals surface area contributed by atoms with E-state index in [4.69, 9.17) is 0 Å². The molecule has 0 aliphatic heterocycles. The van der Waals surface area contributed by atoms with Crippen LogP contribution in [0, 0.1) is 12.8 Å². The normalized spacial score (nSPS) is 17.4. The highest BCUT2D eigenvalue weighted by atomic mass is 16.3. The molecule has 0 amide bonds.